The van der Waals surface area contributed by atoms with Gasteiger partial charge in [0, 0.05) is 13.2 Å². The molecule has 0 heterocycles. The van der Waals surface area contributed by atoms with Crippen molar-refractivity contribution in [2.45, 2.75) is 65.3 Å². The molecule has 126 valence electrons. The van der Waals surface area contributed by atoms with E-state index in [1.807, 2.05) is 6.07 Å². The third-order valence-corrected chi connectivity index (χ3v) is 9.13. The zero-order valence-electron chi connectivity index (χ0n) is 15.3. The maximum absolute atomic E-state index is 6.28. The summed E-state index contributed by atoms with van der Waals surface area (Å²) in [6, 6.07) is 10.4. The second kappa shape index (κ2) is 8.85. The molecule has 0 radical (unpaired) electrons. The lowest BCUT2D eigenvalue weighted by Crippen LogP contribution is -2.41. The van der Waals surface area contributed by atoms with Gasteiger partial charge in [0.2, 0.25) is 0 Å². The van der Waals surface area contributed by atoms with Gasteiger partial charge >= 0.3 is 0 Å². The van der Waals surface area contributed by atoms with Crippen LogP contribution in [0.1, 0.15) is 46.1 Å². The van der Waals surface area contributed by atoms with Crippen molar-refractivity contribution in [1.82, 2.24) is 0 Å². The van der Waals surface area contributed by atoms with Gasteiger partial charge in [-0.15, -0.1) is 0 Å². The Balaban J connectivity index is 2.12. The van der Waals surface area contributed by atoms with Crippen LogP contribution in [0, 0.1) is 5.92 Å². The second-order valence-electron chi connectivity index (χ2n) is 7.86. The largest absolute Gasteiger partial charge is 0.417 e. The number of rotatable bonds is 9. The van der Waals surface area contributed by atoms with Crippen LogP contribution in [-0.2, 0) is 15.8 Å². The summed E-state index contributed by atoms with van der Waals surface area (Å²) in [5, 5.41) is 0.297. The van der Waals surface area contributed by atoms with Gasteiger partial charge in [-0.25, -0.2) is 0 Å². The predicted molar refractivity (Wildman–Crippen MR) is 97.6 cm³/mol. The molecular formula is C19H34O2Si. The van der Waals surface area contributed by atoms with E-state index in [0.717, 1.165) is 26.2 Å². The quantitative estimate of drug-likeness (QED) is 0.432. The summed E-state index contributed by atoms with van der Waals surface area (Å²) >= 11 is 0. The maximum Gasteiger partial charge on any atom is 0.191 e. The smallest absolute Gasteiger partial charge is 0.191 e. The Labute approximate surface area is 138 Å². The Kier molecular flexibility index (Phi) is 7.81. The molecule has 0 aliphatic rings. The molecule has 1 atom stereocenters. The maximum atomic E-state index is 6.28. The van der Waals surface area contributed by atoms with Crippen molar-refractivity contribution < 1.29 is 9.16 Å². The lowest BCUT2D eigenvalue weighted by atomic mass is 10.1. The third-order valence-electron chi connectivity index (χ3n) is 4.63. The molecule has 3 heteroatoms. The van der Waals surface area contributed by atoms with Crippen LogP contribution in [0.5, 0.6) is 0 Å². The molecule has 0 aromatic heterocycles. The summed E-state index contributed by atoms with van der Waals surface area (Å²) in [6.45, 7) is 16.2. The van der Waals surface area contributed by atoms with E-state index in [4.69, 9.17) is 9.16 Å². The van der Waals surface area contributed by atoms with E-state index in [1.165, 1.54) is 12.0 Å². The molecule has 0 fully saturated rings. The van der Waals surface area contributed by atoms with Gasteiger partial charge in [0.05, 0.1) is 6.61 Å². The SMILES string of the molecule is CC(CCCOCc1ccccc1)CO[Si](C)(C)C(C)(C)C. The predicted octanol–water partition coefficient (Wildman–Crippen LogP) is 5.64. The van der Waals surface area contributed by atoms with Gasteiger partial charge in [0.1, 0.15) is 0 Å². The fourth-order valence-corrected chi connectivity index (χ4v) is 3.08. The molecule has 2 nitrogen and oxygen atoms in total. The Hall–Kier alpha value is -0.643. The summed E-state index contributed by atoms with van der Waals surface area (Å²) < 4.78 is 12.0. The summed E-state index contributed by atoms with van der Waals surface area (Å²) in [5.41, 5.74) is 1.25. The lowest BCUT2D eigenvalue weighted by Gasteiger charge is -2.37. The number of hydrogen-bond donors (Lipinski definition) is 0. The van der Waals surface area contributed by atoms with Crippen LogP contribution in [0.2, 0.25) is 18.1 Å². The van der Waals surface area contributed by atoms with Gasteiger partial charge in [-0.3, -0.25) is 0 Å². The first-order chi connectivity index (χ1) is 10.2. The molecular weight excluding hydrogens is 288 g/mol. The zero-order valence-corrected chi connectivity index (χ0v) is 16.3. The van der Waals surface area contributed by atoms with Gasteiger partial charge in [-0.2, -0.15) is 0 Å². The number of benzene rings is 1. The van der Waals surface area contributed by atoms with E-state index in [9.17, 15) is 0 Å². The van der Waals surface area contributed by atoms with Gasteiger partial charge in [-0.05, 0) is 42.5 Å². The van der Waals surface area contributed by atoms with Crippen LogP contribution in [0.15, 0.2) is 30.3 Å². The Bertz CT molecular complexity index is 409. The third kappa shape index (κ3) is 7.08. The number of ether oxygens (including phenoxy) is 1. The van der Waals surface area contributed by atoms with Crippen LogP contribution in [0.25, 0.3) is 0 Å². The van der Waals surface area contributed by atoms with E-state index in [1.54, 1.807) is 0 Å². The van der Waals surface area contributed by atoms with E-state index in [0.29, 0.717) is 11.0 Å². The molecule has 0 N–H and O–H groups in total. The minimum absolute atomic E-state index is 0.297. The molecule has 0 bridgehead atoms. The molecule has 1 unspecified atom stereocenters. The van der Waals surface area contributed by atoms with Crippen molar-refractivity contribution in [2.75, 3.05) is 13.2 Å². The first-order valence-corrected chi connectivity index (χ1v) is 11.4. The van der Waals surface area contributed by atoms with Gasteiger partial charge < -0.3 is 9.16 Å². The van der Waals surface area contributed by atoms with Gasteiger partial charge in [0.15, 0.2) is 8.32 Å². The van der Waals surface area contributed by atoms with Crippen molar-refractivity contribution in [3.8, 4) is 0 Å². The molecule has 22 heavy (non-hydrogen) atoms. The molecule has 1 aromatic carbocycles. The van der Waals surface area contributed by atoms with Gasteiger partial charge in [0.25, 0.3) is 0 Å². The van der Waals surface area contributed by atoms with Crippen molar-refractivity contribution in [3.63, 3.8) is 0 Å². The molecule has 0 saturated carbocycles. The summed E-state index contributed by atoms with van der Waals surface area (Å²) in [4.78, 5) is 0. The first kappa shape index (κ1) is 19.4. The van der Waals surface area contributed by atoms with E-state index in [-0.39, 0.29) is 0 Å². The van der Waals surface area contributed by atoms with Gasteiger partial charge in [-0.1, -0.05) is 58.0 Å². The minimum Gasteiger partial charge on any atom is -0.417 e. The van der Waals surface area contributed by atoms with Crippen molar-refractivity contribution in [1.29, 1.82) is 0 Å². The topological polar surface area (TPSA) is 18.5 Å². The molecule has 0 aliphatic carbocycles. The molecule has 0 aliphatic heterocycles. The highest BCUT2D eigenvalue weighted by Crippen LogP contribution is 2.36. The van der Waals surface area contributed by atoms with Crippen molar-refractivity contribution in [2.24, 2.45) is 5.92 Å². The molecule has 1 aromatic rings. The lowest BCUT2D eigenvalue weighted by molar-refractivity contribution is 0.111. The highest BCUT2D eigenvalue weighted by molar-refractivity contribution is 6.74. The van der Waals surface area contributed by atoms with Crippen LogP contribution in [0.4, 0.5) is 0 Å². The highest BCUT2D eigenvalue weighted by Gasteiger charge is 2.37. The van der Waals surface area contributed by atoms with Crippen molar-refractivity contribution in [3.05, 3.63) is 35.9 Å². The van der Waals surface area contributed by atoms with E-state index in [2.05, 4.69) is 65.1 Å². The molecule has 0 amide bonds. The molecule has 0 saturated heterocycles. The van der Waals surface area contributed by atoms with E-state index < -0.39 is 8.32 Å². The van der Waals surface area contributed by atoms with Crippen LogP contribution in [0.3, 0.4) is 0 Å². The summed E-state index contributed by atoms with van der Waals surface area (Å²) in [5.74, 6) is 0.606. The fourth-order valence-electron chi connectivity index (χ4n) is 1.95. The number of hydrogen-bond acceptors (Lipinski definition) is 2. The Morgan fingerprint density at radius 3 is 2.32 bits per heavy atom. The van der Waals surface area contributed by atoms with Crippen LogP contribution < -0.4 is 0 Å². The van der Waals surface area contributed by atoms with Crippen LogP contribution >= 0.6 is 0 Å². The standard InChI is InChI=1S/C19H34O2Si/c1-17(15-21-22(5,6)19(2,3)4)11-10-14-20-16-18-12-8-7-9-13-18/h7-9,12-13,17H,10-11,14-16H2,1-6H3. The monoisotopic (exact) mass is 322 g/mol. The Morgan fingerprint density at radius 1 is 1.09 bits per heavy atom. The molecule has 0 spiro atoms. The molecule has 1 rings (SSSR count). The van der Waals surface area contributed by atoms with E-state index >= 15 is 0 Å². The normalized spacial score (nSPS) is 14.1. The zero-order chi connectivity index (χ0) is 16.6. The van der Waals surface area contributed by atoms with Crippen LogP contribution in [-0.4, -0.2) is 21.5 Å². The van der Waals surface area contributed by atoms with Crippen molar-refractivity contribution >= 4 is 8.32 Å². The average Bonchev–Trinajstić information content (AvgIpc) is 2.45. The first-order valence-electron chi connectivity index (χ1n) is 8.48. The fraction of sp³-hybridized carbons (Fsp3) is 0.684. The minimum atomic E-state index is -1.60. The summed E-state index contributed by atoms with van der Waals surface area (Å²) in [7, 11) is -1.60. The highest BCUT2D eigenvalue weighted by atomic mass is 28.4. The second-order valence-corrected chi connectivity index (χ2v) is 12.7. The average molecular weight is 323 g/mol. The Morgan fingerprint density at radius 2 is 1.73 bits per heavy atom. The summed E-state index contributed by atoms with van der Waals surface area (Å²) in [6.07, 6.45) is 2.28.